The van der Waals surface area contributed by atoms with Crippen molar-refractivity contribution >= 4 is 5.91 Å². The molecule has 1 amide bonds. The predicted molar refractivity (Wildman–Crippen MR) is 61.5 cm³/mol. The van der Waals surface area contributed by atoms with Gasteiger partial charge >= 0.3 is 0 Å². The van der Waals surface area contributed by atoms with Gasteiger partial charge in [0, 0.05) is 19.2 Å². The van der Waals surface area contributed by atoms with E-state index in [4.69, 9.17) is 0 Å². The Labute approximate surface area is 96.3 Å². The van der Waals surface area contributed by atoms with E-state index in [0.29, 0.717) is 12.5 Å². The smallest absolute Gasteiger partial charge is 0.225 e. The molecular weight excluding hydrogens is 204 g/mol. The molecule has 2 rings (SSSR count). The zero-order valence-corrected chi connectivity index (χ0v) is 9.78. The van der Waals surface area contributed by atoms with E-state index in [1.54, 1.807) is 0 Å². The first-order valence-corrected chi connectivity index (χ1v) is 6.09. The minimum Gasteiger partial charge on any atom is -0.373 e. The van der Waals surface area contributed by atoms with Crippen molar-refractivity contribution in [1.29, 1.82) is 0 Å². The fraction of sp³-hybridized carbons (Fsp3) is 0.750. The second-order valence-electron chi connectivity index (χ2n) is 4.65. The van der Waals surface area contributed by atoms with Gasteiger partial charge in [-0.15, -0.1) is 0 Å². The first-order valence-electron chi connectivity index (χ1n) is 6.09. The van der Waals surface area contributed by atoms with Crippen molar-refractivity contribution < 1.29 is 9.90 Å². The van der Waals surface area contributed by atoms with Crippen molar-refractivity contribution in [1.82, 2.24) is 10.2 Å². The molecule has 0 aromatic heterocycles. The summed E-state index contributed by atoms with van der Waals surface area (Å²) in [6.45, 7) is 2.56. The normalized spacial score (nSPS) is 31.1. The summed E-state index contributed by atoms with van der Waals surface area (Å²) in [5.74, 6) is -0.0829. The van der Waals surface area contributed by atoms with E-state index >= 15 is 0 Å². The molecule has 16 heavy (non-hydrogen) atoms. The monoisotopic (exact) mass is 224 g/mol. The van der Waals surface area contributed by atoms with Gasteiger partial charge in [0.2, 0.25) is 5.91 Å². The van der Waals surface area contributed by atoms with Gasteiger partial charge in [-0.3, -0.25) is 9.69 Å². The second kappa shape index (κ2) is 4.97. The standard InChI is InChI=1S/C12H20N2O2/c1-9(15)14-8-10(5-6-12(14)16)11-4-2-3-7-13-11/h8,11-13,16H,2-7H2,1H3/t11?,12-/m1/s1. The highest BCUT2D eigenvalue weighted by molar-refractivity contribution is 5.74. The zero-order valence-electron chi connectivity index (χ0n) is 9.78. The molecule has 1 unspecified atom stereocenters. The second-order valence-corrected chi connectivity index (χ2v) is 4.65. The van der Waals surface area contributed by atoms with Crippen LogP contribution in [0.25, 0.3) is 0 Å². The molecule has 1 saturated heterocycles. The average Bonchev–Trinajstić information content (AvgIpc) is 2.30. The van der Waals surface area contributed by atoms with Crippen LogP contribution in [0.5, 0.6) is 0 Å². The number of carbonyl (C=O) groups excluding carboxylic acids is 1. The van der Waals surface area contributed by atoms with Crippen LogP contribution in [0.4, 0.5) is 0 Å². The number of hydrogen-bond donors (Lipinski definition) is 2. The molecule has 0 aliphatic carbocycles. The van der Waals surface area contributed by atoms with Crippen LogP contribution in [0.3, 0.4) is 0 Å². The molecule has 0 saturated carbocycles. The van der Waals surface area contributed by atoms with Crippen molar-refractivity contribution in [3.63, 3.8) is 0 Å². The third-order valence-corrected chi connectivity index (χ3v) is 3.44. The van der Waals surface area contributed by atoms with E-state index in [-0.39, 0.29) is 5.91 Å². The van der Waals surface area contributed by atoms with Crippen molar-refractivity contribution in [2.24, 2.45) is 0 Å². The van der Waals surface area contributed by atoms with E-state index in [2.05, 4.69) is 5.32 Å². The summed E-state index contributed by atoms with van der Waals surface area (Å²) in [7, 11) is 0. The third-order valence-electron chi connectivity index (χ3n) is 3.44. The lowest BCUT2D eigenvalue weighted by atomic mass is 9.92. The fourth-order valence-corrected chi connectivity index (χ4v) is 2.50. The maximum absolute atomic E-state index is 11.3. The first-order chi connectivity index (χ1) is 7.68. The van der Waals surface area contributed by atoms with Crippen molar-refractivity contribution in [2.75, 3.05) is 6.54 Å². The van der Waals surface area contributed by atoms with Gasteiger partial charge < -0.3 is 10.4 Å². The third kappa shape index (κ3) is 2.44. The van der Waals surface area contributed by atoms with E-state index in [1.807, 2.05) is 6.20 Å². The topological polar surface area (TPSA) is 52.6 Å². The Morgan fingerprint density at radius 3 is 2.94 bits per heavy atom. The average molecular weight is 224 g/mol. The van der Waals surface area contributed by atoms with E-state index in [0.717, 1.165) is 19.4 Å². The summed E-state index contributed by atoms with van der Waals surface area (Å²) in [5, 5.41) is 13.2. The van der Waals surface area contributed by atoms with Crippen LogP contribution < -0.4 is 5.32 Å². The van der Waals surface area contributed by atoms with Crippen LogP contribution >= 0.6 is 0 Å². The summed E-state index contributed by atoms with van der Waals surface area (Å²) in [4.78, 5) is 12.8. The van der Waals surface area contributed by atoms with Gasteiger partial charge in [0.1, 0.15) is 6.23 Å². The summed E-state index contributed by atoms with van der Waals surface area (Å²) in [6.07, 6.45) is 6.39. The maximum atomic E-state index is 11.3. The van der Waals surface area contributed by atoms with Gasteiger partial charge in [0.25, 0.3) is 0 Å². The predicted octanol–water partition coefficient (Wildman–Crippen LogP) is 0.973. The van der Waals surface area contributed by atoms with Gasteiger partial charge in [-0.2, -0.15) is 0 Å². The van der Waals surface area contributed by atoms with Crippen LogP contribution in [0.1, 0.15) is 39.0 Å². The van der Waals surface area contributed by atoms with Gasteiger partial charge in [-0.1, -0.05) is 6.42 Å². The number of piperidine rings is 1. The molecule has 4 heteroatoms. The lowest BCUT2D eigenvalue weighted by Crippen LogP contribution is -2.42. The zero-order chi connectivity index (χ0) is 11.5. The number of aliphatic hydroxyl groups is 1. The Balaban J connectivity index is 2.08. The van der Waals surface area contributed by atoms with Crippen LogP contribution in [-0.4, -0.2) is 34.7 Å². The molecule has 2 atom stereocenters. The number of aliphatic hydroxyl groups excluding tert-OH is 1. The molecule has 0 bridgehead atoms. The minimum atomic E-state index is -0.634. The molecular formula is C12H20N2O2. The SMILES string of the molecule is CC(=O)N1C=C(C2CCCCN2)CC[C@H]1O. The lowest BCUT2D eigenvalue weighted by Gasteiger charge is -2.34. The fourth-order valence-electron chi connectivity index (χ4n) is 2.50. The number of carbonyl (C=O) groups is 1. The Morgan fingerprint density at radius 2 is 2.31 bits per heavy atom. The van der Waals surface area contributed by atoms with E-state index in [1.165, 1.54) is 30.2 Å². The molecule has 2 N–H and O–H groups in total. The van der Waals surface area contributed by atoms with Gasteiger partial charge in [-0.25, -0.2) is 0 Å². The van der Waals surface area contributed by atoms with E-state index in [9.17, 15) is 9.90 Å². The summed E-state index contributed by atoms with van der Waals surface area (Å²) in [5.41, 5.74) is 1.26. The van der Waals surface area contributed by atoms with Crippen molar-refractivity contribution in [3.8, 4) is 0 Å². The molecule has 90 valence electrons. The van der Waals surface area contributed by atoms with Gasteiger partial charge in [-0.05, 0) is 37.8 Å². The molecule has 2 aliphatic rings. The Bertz CT molecular complexity index is 295. The van der Waals surface area contributed by atoms with E-state index < -0.39 is 6.23 Å². The first kappa shape index (κ1) is 11.6. The summed E-state index contributed by atoms with van der Waals surface area (Å²) in [6, 6.07) is 0.406. The Morgan fingerprint density at radius 1 is 1.50 bits per heavy atom. The van der Waals surface area contributed by atoms with Crippen molar-refractivity contribution in [2.45, 2.75) is 51.3 Å². The largest absolute Gasteiger partial charge is 0.373 e. The number of rotatable bonds is 1. The highest BCUT2D eigenvalue weighted by Crippen LogP contribution is 2.25. The maximum Gasteiger partial charge on any atom is 0.225 e. The Hall–Kier alpha value is -0.870. The lowest BCUT2D eigenvalue weighted by molar-refractivity contribution is -0.135. The number of nitrogens with one attached hydrogen (secondary N) is 1. The number of hydrogen-bond acceptors (Lipinski definition) is 3. The molecule has 2 aliphatic heterocycles. The van der Waals surface area contributed by atoms with Crippen molar-refractivity contribution in [3.05, 3.63) is 11.8 Å². The molecule has 0 radical (unpaired) electrons. The van der Waals surface area contributed by atoms with Gasteiger partial charge in [0.15, 0.2) is 0 Å². The Kier molecular flexibility index (Phi) is 3.61. The van der Waals surface area contributed by atoms with Crippen LogP contribution in [-0.2, 0) is 4.79 Å². The van der Waals surface area contributed by atoms with Gasteiger partial charge in [0.05, 0.1) is 0 Å². The number of amides is 1. The van der Waals surface area contributed by atoms with Crippen LogP contribution in [0.2, 0.25) is 0 Å². The summed E-state index contributed by atoms with van der Waals surface area (Å²) >= 11 is 0. The molecule has 2 heterocycles. The summed E-state index contributed by atoms with van der Waals surface area (Å²) < 4.78 is 0. The molecule has 0 aromatic rings. The molecule has 4 nitrogen and oxygen atoms in total. The highest BCUT2D eigenvalue weighted by Gasteiger charge is 2.26. The van der Waals surface area contributed by atoms with Crippen LogP contribution in [0.15, 0.2) is 11.8 Å². The minimum absolute atomic E-state index is 0.0829. The van der Waals surface area contributed by atoms with Crippen LogP contribution in [0, 0.1) is 0 Å². The molecule has 1 fully saturated rings. The quantitative estimate of drug-likeness (QED) is 0.698. The number of nitrogens with zero attached hydrogens (tertiary/aromatic N) is 1. The molecule has 0 aromatic carbocycles. The molecule has 0 spiro atoms. The highest BCUT2D eigenvalue weighted by atomic mass is 16.3.